The van der Waals surface area contributed by atoms with Gasteiger partial charge in [-0.25, -0.2) is 0 Å². The van der Waals surface area contributed by atoms with Crippen LogP contribution in [0.25, 0.3) is 0 Å². The van der Waals surface area contributed by atoms with E-state index >= 15 is 0 Å². The van der Waals surface area contributed by atoms with Gasteiger partial charge < -0.3 is 20.3 Å². The number of aliphatic hydroxyl groups excluding tert-OH is 2. The number of rotatable bonds is 9. The molecule has 0 bridgehead atoms. The van der Waals surface area contributed by atoms with Gasteiger partial charge in [0.1, 0.15) is 0 Å². The number of ether oxygens (including phenoxy) is 1. The van der Waals surface area contributed by atoms with Gasteiger partial charge >= 0.3 is 0 Å². The van der Waals surface area contributed by atoms with Crippen LogP contribution in [0.2, 0.25) is 0 Å². The Bertz CT molecular complexity index is 122. The quantitative estimate of drug-likeness (QED) is 0.501. The van der Waals surface area contributed by atoms with Crippen molar-refractivity contribution in [2.75, 3.05) is 26.3 Å². The standard InChI is InChI=1S/C10H23NO3/c1-3-5-9(12)6-11-7-10(13)8-14-4-2/h9-13H,3-8H2,1-2H3. The first-order valence-electron chi connectivity index (χ1n) is 5.35. The first kappa shape index (κ1) is 13.8. The second-order valence-corrected chi connectivity index (χ2v) is 3.41. The normalized spacial score (nSPS) is 15.4. The maximum Gasteiger partial charge on any atom is 0.0897 e. The van der Waals surface area contributed by atoms with Gasteiger partial charge in [0, 0.05) is 19.7 Å². The fourth-order valence-corrected chi connectivity index (χ4v) is 1.16. The van der Waals surface area contributed by atoms with Crippen molar-refractivity contribution >= 4 is 0 Å². The molecule has 0 spiro atoms. The molecule has 14 heavy (non-hydrogen) atoms. The van der Waals surface area contributed by atoms with E-state index in [1.807, 2.05) is 13.8 Å². The molecule has 0 rings (SSSR count). The van der Waals surface area contributed by atoms with Gasteiger partial charge in [-0.2, -0.15) is 0 Å². The van der Waals surface area contributed by atoms with Crippen LogP contribution in [-0.2, 0) is 4.74 Å². The van der Waals surface area contributed by atoms with Crippen LogP contribution in [-0.4, -0.2) is 48.7 Å². The molecule has 0 radical (unpaired) electrons. The maximum atomic E-state index is 9.36. The minimum absolute atomic E-state index is 0.306. The summed E-state index contributed by atoms with van der Waals surface area (Å²) in [6, 6.07) is 0. The Morgan fingerprint density at radius 3 is 2.36 bits per heavy atom. The van der Waals surface area contributed by atoms with Crippen molar-refractivity contribution in [3.8, 4) is 0 Å². The number of hydrogen-bond acceptors (Lipinski definition) is 4. The van der Waals surface area contributed by atoms with Crippen molar-refractivity contribution in [1.82, 2.24) is 5.32 Å². The summed E-state index contributed by atoms with van der Waals surface area (Å²) in [6.07, 6.45) is 0.988. The Morgan fingerprint density at radius 1 is 1.14 bits per heavy atom. The van der Waals surface area contributed by atoms with Gasteiger partial charge in [0.25, 0.3) is 0 Å². The summed E-state index contributed by atoms with van der Waals surface area (Å²) < 4.78 is 5.05. The van der Waals surface area contributed by atoms with Crippen molar-refractivity contribution in [2.24, 2.45) is 0 Å². The fraction of sp³-hybridized carbons (Fsp3) is 1.00. The Hall–Kier alpha value is -0.160. The highest BCUT2D eigenvalue weighted by atomic mass is 16.5. The highest BCUT2D eigenvalue weighted by molar-refractivity contribution is 4.62. The molecule has 0 fully saturated rings. The van der Waals surface area contributed by atoms with Crippen LogP contribution in [0.1, 0.15) is 26.7 Å². The van der Waals surface area contributed by atoms with Gasteiger partial charge in [-0.15, -0.1) is 0 Å². The molecule has 0 aromatic rings. The molecule has 0 aromatic carbocycles. The van der Waals surface area contributed by atoms with Gasteiger partial charge in [-0.1, -0.05) is 13.3 Å². The van der Waals surface area contributed by atoms with Crippen LogP contribution in [0, 0.1) is 0 Å². The molecule has 0 aromatic heterocycles. The second kappa shape index (κ2) is 9.40. The summed E-state index contributed by atoms with van der Waals surface area (Å²) in [5, 5.41) is 21.7. The molecular weight excluding hydrogens is 182 g/mol. The van der Waals surface area contributed by atoms with E-state index < -0.39 is 6.10 Å². The van der Waals surface area contributed by atoms with Crippen LogP contribution in [0.15, 0.2) is 0 Å². The predicted molar refractivity (Wildman–Crippen MR) is 56.3 cm³/mol. The third-order valence-corrected chi connectivity index (χ3v) is 1.90. The van der Waals surface area contributed by atoms with E-state index in [2.05, 4.69) is 5.32 Å². The summed E-state index contributed by atoms with van der Waals surface area (Å²) in [5.41, 5.74) is 0. The van der Waals surface area contributed by atoms with Crippen molar-refractivity contribution in [3.63, 3.8) is 0 Å². The highest BCUT2D eigenvalue weighted by Gasteiger charge is 2.05. The van der Waals surface area contributed by atoms with Crippen molar-refractivity contribution in [2.45, 2.75) is 38.9 Å². The molecule has 2 unspecified atom stereocenters. The smallest absolute Gasteiger partial charge is 0.0897 e. The molecule has 0 saturated heterocycles. The summed E-state index contributed by atoms with van der Waals surface area (Å²) in [4.78, 5) is 0. The van der Waals surface area contributed by atoms with Crippen LogP contribution in [0.4, 0.5) is 0 Å². The Kier molecular flexibility index (Phi) is 9.29. The fourth-order valence-electron chi connectivity index (χ4n) is 1.16. The molecule has 3 N–H and O–H groups in total. The second-order valence-electron chi connectivity index (χ2n) is 3.41. The number of aliphatic hydroxyl groups is 2. The zero-order valence-electron chi connectivity index (χ0n) is 9.20. The number of hydrogen-bond donors (Lipinski definition) is 3. The van der Waals surface area contributed by atoms with Gasteiger partial charge in [-0.3, -0.25) is 0 Å². The summed E-state index contributed by atoms with van der Waals surface area (Å²) in [5.74, 6) is 0. The molecular formula is C10H23NO3. The molecule has 0 aliphatic heterocycles. The highest BCUT2D eigenvalue weighted by Crippen LogP contribution is 1.93. The molecule has 4 nitrogen and oxygen atoms in total. The lowest BCUT2D eigenvalue weighted by molar-refractivity contribution is 0.0407. The largest absolute Gasteiger partial charge is 0.392 e. The maximum absolute atomic E-state index is 9.36. The summed E-state index contributed by atoms with van der Waals surface area (Å²) >= 11 is 0. The van der Waals surface area contributed by atoms with E-state index in [1.54, 1.807) is 0 Å². The first-order chi connectivity index (χ1) is 6.70. The minimum Gasteiger partial charge on any atom is -0.392 e. The molecule has 0 amide bonds. The van der Waals surface area contributed by atoms with Crippen molar-refractivity contribution in [1.29, 1.82) is 0 Å². The lowest BCUT2D eigenvalue weighted by Crippen LogP contribution is -2.35. The van der Waals surface area contributed by atoms with Gasteiger partial charge in [0.2, 0.25) is 0 Å². The molecule has 0 saturated carbocycles. The van der Waals surface area contributed by atoms with E-state index in [0.29, 0.717) is 26.3 Å². The lowest BCUT2D eigenvalue weighted by Gasteiger charge is -2.14. The van der Waals surface area contributed by atoms with E-state index in [9.17, 15) is 10.2 Å². The average molecular weight is 205 g/mol. The van der Waals surface area contributed by atoms with Crippen LogP contribution in [0.5, 0.6) is 0 Å². The third kappa shape index (κ3) is 8.44. The molecule has 0 heterocycles. The lowest BCUT2D eigenvalue weighted by atomic mass is 10.2. The molecule has 0 aliphatic carbocycles. The summed E-state index contributed by atoms with van der Waals surface area (Å²) in [7, 11) is 0. The Balaban J connectivity index is 3.25. The van der Waals surface area contributed by atoms with Crippen molar-refractivity contribution < 1.29 is 14.9 Å². The van der Waals surface area contributed by atoms with Gasteiger partial charge in [-0.05, 0) is 13.3 Å². The molecule has 0 aliphatic rings. The van der Waals surface area contributed by atoms with Crippen LogP contribution >= 0.6 is 0 Å². The molecule has 2 atom stereocenters. The Morgan fingerprint density at radius 2 is 1.79 bits per heavy atom. The minimum atomic E-state index is -0.483. The summed E-state index contributed by atoms with van der Waals surface area (Å²) in [6.45, 7) is 5.92. The van der Waals surface area contributed by atoms with E-state index in [1.165, 1.54) is 0 Å². The average Bonchev–Trinajstić information content (AvgIpc) is 2.15. The van der Waals surface area contributed by atoms with E-state index in [-0.39, 0.29) is 6.10 Å². The van der Waals surface area contributed by atoms with E-state index in [0.717, 1.165) is 12.8 Å². The molecule has 86 valence electrons. The van der Waals surface area contributed by atoms with Gasteiger partial charge in [0.15, 0.2) is 0 Å². The zero-order valence-corrected chi connectivity index (χ0v) is 9.20. The topological polar surface area (TPSA) is 61.7 Å². The zero-order chi connectivity index (χ0) is 10.8. The van der Waals surface area contributed by atoms with E-state index in [4.69, 9.17) is 4.74 Å². The van der Waals surface area contributed by atoms with Crippen LogP contribution in [0.3, 0.4) is 0 Å². The van der Waals surface area contributed by atoms with Crippen molar-refractivity contribution in [3.05, 3.63) is 0 Å². The van der Waals surface area contributed by atoms with Gasteiger partial charge in [0.05, 0.1) is 18.8 Å². The molecule has 4 heteroatoms. The number of nitrogens with one attached hydrogen (secondary N) is 1. The van der Waals surface area contributed by atoms with Crippen LogP contribution < -0.4 is 5.32 Å². The SMILES string of the molecule is CCCC(O)CNCC(O)COCC. The third-order valence-electron chi connectivity index (χ3n) is 1.90. The first-order valence-corrected chi connectivity index (χ1v) is 5.35. The monoisotopic (exact) mass is 205 g/mol. The predicted octanol–water partition coefficient (Wildman–Crippen LogP) is 0.134. The Labute approximate surface area is 86.3 Å².